The van der Waals surface area contributed by atoms with Crippen LogP contribution in [0.1, 0.15) is 34.9 Å². The average molecular weight is 394 g/mol. The van der Waals surface area contributed by atoms with Crippen molar-refractivity contribution < 1.29 is 9.53 Å². The van der Waals surface area contributed by atoms with Gasteiger partial charge in [-0.2, -0.15) is 4.37 Å². The molecule has 1 fully saturated rings. The third-order valence-corrected chi connectivity index (χ3v) is 6.56. The zero-order chi connectivity index (χ0) is 18.9. The number of carbonyl (C=O) groups excluding carboxylic acids is 1. The maximum atomic E-state index is 11.9. The van der Waals surface area contributed by atoms with Crippen molar-refractivity contribution in [2.75, 3.05) is 37.6 Å². The van der Waals surface area contributed by atoms with Gasteiger partial charge in [-0.3, -0.25) is 4.90 Å². The lowest BCUT2D eigenvalue weighted by molar-refractivity contribution is 0.0358. The number of rotatable bonds is 5. The normalized spacial score (nSPS) is 19.8. The van der Waals surface area contributed by atoms with Crippen LogP contribution in [-0.4, -0.2) is 48.0 Å². The maximum Gasteiger partial charge on any atom is 0.339 e. The molecule has 2 aliphatic heterocycles. The first-order chi connectivity index (χ1) is 13.8. The number of hydrogen-bond acceptors (Lipinski definition) is 6. The highest BCUT2D eigenvalue weighted by Crippen LogP contribution is 2.34. The van der Waals surface area contributed by atoms with E-state index >= 15 is 0 Å². The van der Waals surface area contributed by atoms with Gasteiger partial charge >= 0.3 is 5.97 Å². The summed E-state index contributed by atoms with van der Waals surface area (Å²) in [4.78, 5) is 16.9. The van der Waals surface area contributed by atoms with Gasteiger partial charge in [0.2, 0.25) is 0 Å². The van der Waals surface area contributed by atoms with E-state index in [0.29, 0.717) is 0 Å². The molecule has 0 N–H and O–H groups in total. The third-order valence-electron chi connectivity index (χ3n) is 5.75. The minimum atomic E-state index is -0.176. The Balaban J connectivity index is 1.13. The van der Waals surface area contributed by atoms with E-state index in [0.717, 1.165) is 62.5 Å². The van der Waals surface area contributed by atoms with Crippen LogP contribution in [-0.2, 0) is 4.74 Å². The molecule has 0 saturated carbocycles. The van der Waals surface area contributed by atoms with Crippen LogP contribution in [0.4, 0.5) is 5.82 Å². The number of esters is 1. The zero-order valence-electron chi connectivity index (χ0n) is 15.7. The van der Waals surface area contributed by atoms with Crippen LogP contribution in [0.5, 0.6) is 0 Å². The zero-order valence-corrected chi connectivity index (χ0v) is 16.5. The first-order valence-corrected chi connectivity index (χ1v) is 10.7. The Hall–Kier alpha value is -2.44. The summed E-state index contributed by atoms with van der Waals surface area (Å²) < 4.78 is 11.5. The van der Waals surface area contributed by atoms with Crippen LogP contribution in [0.3, 0.4) is 0 Å². The van der Waals surface area contributed by atoms with Crippen LogP contribution in [0.2, 0.25) is 0 Å². The second-order valence-electron chi connectivity index (χ2n) is 7.45. The molecule has 0 aliphatic carbocycles. The number of benzene rings is 2. The molecule has 0 amide bonds. The quantitative estimate of drug-likeness (QED) is 0.611. The van der Waals surface area contributed by atoms with Crippen molar-refractivity contribution in [2.24, 2.45) is 0 Å². The minimum Gasteiger partial charge on any atom is -0.454 e. The summed E-state index contributed by atoms with van der Waals surface area (Å²) in [6.07, 6.45) is 1.84. The van der Waals surface area contributed by atoms with Crippen LogP contribution < -0.4 is 4.90 Å². The predicted octanol–water partition coefficient (Wildman–Crippen LogP) is 4.11. The molecule has 5 rings (SSSR count). The summed E-state index contributed by atoms with van der Waals surface area (Å²) >= 11 is 1.58. The highest BCUT2D eigenvalue weighted by atomic mass is 32.1. The molecule has 1 unspecified atom stereocenters. The molecular weight excluding hydrogens is 370 g/mol. The summed E-state index contributed by atoms with van der Waals surface area (Å²) in [5.74, 6) is 0.958. The summed E-state index contributed by atoms with van der Waals surface area (Å²) in [6, 6.07) is 16.2. The third kappa shape index (κ3) is 3.27. The Morgan fingerprint density at radius 3 is 2.71 bits per heavy atom. The number of anilines is 1. The van der Waals surface area contributed by atoms with Crippen LogP contribution in [0, 0.1) is 0 Å². The lowest BCUT2D eigenvalue weighted by atomic mass is 10.0. The number of cyclic esters (lactones) is 1. The number of carbonyl (C=O) groups is 1. The molecule has 6 heteroatoms. The Bertz CT molecular complexity index is 994. The fourth-order valence-electron chi connectivity index (χ4n) is 4.22. The molecule has 1 atom stereocenters. The monoisotopic (exact) mass is 393 g/mol. The van der Waals surface area contributed by atoms with Crippen molar-refractivity contribution in [2.45, 2.75) is 18.9 Å². The molecule has 0 radical (unpaired) electrons. The highest BCUT2D eigenvalue weighted by molar-refractivity contribution is 7.13. The van der Waals surface area contributed by atoms with Gasteiger partial charge in [0.15, 0.2) is 0 Å². The van der Waals surface area contributed by atoms with E-state index in [-0.39, 0.29) is 12.1 Å². The average Bonchev–Trinajstić information content (AvgIpc) is 3.31. The molecule has 144 valence electrons. The molecule has 2 aromatic carbocycles. The number of piperazine rings is 1. The molecule has 1 saturated heterocycles. The molecule has 2 aliphatic rings. The summed E-state index contributed by atoms with van der Waals surface area (Å²) in [5, 5.41) is 1.27. The minimum absolute atomic E-state index is 0.0774. The first-order valence-electron chi connectivity index (χ1n) is 9.91. The van der Waals surface area contributed by atoms with E-state index < -0.39 is 0 Å². The predicted molar refractivity (Wildman–Crippen MR) is 112 cm³/mol. The van der Waals surface area contributed by atoms with Gasteiger partial charge in [-0.1, -0.05) is 30.3 Å². The summed E-state index contributed by atoms with van der Waals surface area (Å²) in [7, 11) is 0. The SMILES string of the molecule is O=C1OC(CCCN2CCN(c3nsc4ccccc34)CC2)c2ccccc21. The van der Waals surface area contributed by atoms with Gasteiger partial charge in [-0.25, -0.2) is 4.79 Å². The van der Waals surface area contributed by atoms with Crippen LogP contribution in [0.25, 0.3) is 10.1 Å². The lowest BCUT2D eigenvalue weighted by Crippen LogP contribution is -2.46. The highest BCUT2D eigenvalue weighted by Gasteiger charge is 2.30. The van der Waals surface area contributed by atoms with Gasteiger partial charge in [0.25, 0.3) is 0 Å². The fourth-order valence-corrected chi connectivity index (χ4v) is 5.01. The molecule has 5 nitrogen and oxygen atoms in total. The Labute approximate surface area is 168 Å². The van der Waals surface area contributed by atoms with Crippen molar-refractivity contribution >= 4 is 33.4 Å². The van der Waals surface area contributed by atoms with Gasteiger partial charge < -0.3 is 9.64 Å². The van der Waals surface area contributed by atoms with E-state index in [1.165, 1.54) is 10.1 Å². The molecular formula is C22H23N3O2S. The van der Waals surface area contributed by atoms with Crippen molar-refractivity contribution in [3.05, 3.63) is 59.7 Å². The van der Waals surface area contributed by atoms with Crippen molar-refractivity contribution in [3.63, 3.8) is 0 Å². The van der Waals surface area contributed by atoms with Crippen LogP contribution in [0.15, 0.2) is 48.5 Å². The Kier molecular flexibility index (Phi) is 4.74. The maximum absolute atomic E-state index is 11.9. The van der Waals surface area contributed by atoms with Gasteiger partial charge in [-0.05, 0) is 49.1 Å². The van der Waals surface area contributed by atoms with Gasteiger partial charge in [0, 0.05) is 37.1 Å². The largest absolute Gasteiger partial charge is 0.454 e. The lowest BCUT2D eigenvalue weighted by Gasteiger charge is -2.35. The molecule has 0 spiro atoms. The van der Waals surface area contributed by atoms with E-state index in [2.05, 4.69) is 38.4 Å². The van der Waals surface area contributed by atoms with Gasteiger partial charge in [-0.15, -0.1) is 0 Å². The van der Waals surface area contributed by atoms with Crippen LogP contribution >= 0.6 is 11.5 Å². The molecule has 3 aromatic rings. The summed E-state index contributed by atoms with van der Waals surface area (Å²) in [6.45, 7) is 5.16. The summed E-state index contributed by atoms with van der Waals surface area (Å²) in [5.41, 5.74) is 1.78. The fraction of sp³-hybridized carbons (Fsp3) is 0.364. The number of nitrogens with zero attached hydrogens (tertiary/aromatic N) is 3. The first kappa shape index (κ1) is 17.6. The second-order valence-corrected chi connectivity index (χ2v) is 8.26. The van der Waals surface area contributed by atoms with E-state index in [1.54, 1.807) is 11.5 Å². The topological polar surface area (TPSA) is 45.7 Å². The van der Waals surface area contributed by atoms with Crippen molar-refractivity contribution in [1.82, 2.24) is 9.27 Å². The standard InChI is InChI=1S/C22H23N3O2S/c26-22-17-7-2-1-6-16(17)19(27-22)9-5-11-24-12-14-25(15-13-24)21-18-8-3-4-10-20(18)28-23-21/h1-4,6-8,10,19H,5,9,11-15H2. The molecule has 28 heavy (non-hydrogen) atoms. The number of ether oxygens (including phenoxy) is 1. The van der Waals surface area contributed by atoms with E-state index in [1.807, 2.05) is 24.3 Å². The van der Waals surface area contributed by atoms with Crippen molar-refractivity contribution in [3.8, 4) is 0 Å². The van der Waals surface area contributed by atoms with E-state index in [4.69, 9.17) is 4.74 Å². The Morgan fingerprint density at radius 1 is 1.04 bits per heavy atom. The number of aromatic nitrogens is 1. The molecule has 0 bridgehead atoms. The Morgan fingerprint density at radius 2 is 1.82 bits per heavy atom. The molecule has 1 aromatic heterocycles. The number of fused-ring (bicyclic) bond motifs is 2. The second kappa shape index (κ2) is 7.53. The smallest absolute Gasteiger partial charge is 0.339 e. The van der Waals surface area contributed by atoms with Crippen molar-refractivity contribution in [1.29, 1.82) is 0 Å². The van der Waals surface area contributed by atoms with E-state index in [9.17, 15) is 4.79 Å². The van der Waals surface area contributed by atoms with Gasteiger partial charge in [0.05, 0.1) is 10.3 Å². The molecule has 3 heterocycles. The number of hydrogen-bond donors (Lipinski definition) is 0. The van der Waals surface area contributed by atoms with Gasteiger partial charge in [0.1, 0.15) is 11.9 Å².